The van der Waals surface area contributed by atoms with Crippen molar-refractivity contribution in [2.24, 2.45) is 11.7 Å². The number of furan rings is 1. The van der Waals surface area contributed by atoms with Gasteiger partial charge >= 0.3 is 0 Å². The van der Waals surface area contributed by atoms with Gasteiger partial charge in [-0.15, -0.1) is 0 Å². The zero-order valence-corrected chi connectivity index (χ0v) is 9.61. The van der Waals surface area contributed by atoms with E-state index in [1.165, 1.54) is 6.26 Å². The van der Waals surface area contributed by atoms with Gasteiger partial charge < -0.3 is 15.1 Å². The molecule has 0 bridgehead atoms. The molecule has 1 aromatic rings. The first kappa shape index (κ1) is 11.2. The van der Waals surface area contributed by atoms with Gasteiger partial charge in [-0.05, 0) is 38.3 Å². The normalized spacial score (nSPS) is 21.1. The van der Waals surface area contributed by atoms with Crippen LogP contribution in [-0.2, 0) is 0 Å². The first-order valence-corrected chi connectivity index (χ1v) is 5.75. The molecule has 4 nitrogen and oxygen atoms in total. The SMILES string of the molecule is Cc1cc(C(=O)N2CCCC(CN)C2)co1. The predicted molar refractivity (Wildman–Crippen MR) is 61.1 cm³/mol. The highest BCUT2D eigenvalue weighted by Crippen LogP contribution is 2.18. The van der Waals surface area contributed by atoms with Crippen molar-refractivity contribution < 1.29 is 9.21 Å². The molecule has 0 spiro atoms. The van der Waals surface area contributed by atoms with Crippen LogP contribution < -0.4 is 5.73 Å². The van der Waals surface area contributed by atoms with E-state index in [4.69, 9.17) is 10.2 Å². The molecule has 16 heavy (non-hydrogen) atoms. The third-order valence-corrected chi connectivity index (χ3v) is 3.12. The molecule has 2 heterocycles. The number of piperidine rings is 1. The van der Waals surface area contributed by atoms with Gasteiger partial charge in [0.2, 0.25) is 0 Å². The highest BCUT2D eigenvalue weighted by molar-refractivity contribution is 5.94. The lowest BCUT2D eigenvalue weighted by Crippen LogP contribution is -2.41. The summed E-state index contributed by atoms with van der Waals surface area (Å²) in [7, 11) is 0. The molecule has 88 valence electrons. The van der Waals surface area contributed by atoms with E-state index in [0.29, 0.717) is 18.0 Å². The number of carbonyl (C=O) groups excluding carboxylic acids is 1. The average Bonchev–Trinajstić information content (AvgIpc) is 2.75. The summed E-state index contributed by atoms with van der Waals surface area (Å²) >= 11 is 0. The fourth-order valence-corrected chi connectivity index (χ4v) is 2.18. The maximum atomic E-state index is 12.1. The van der Waals surface area contributed by atoms with Crippen molar-refractivity contribution in [1.29, 1.82) is 0 Å². The molecular formula is C12H18N2O2. The number of hydrogen-bond acceptors (Lipinski definition) is 3. The second-order valence-electron chi connectivity index (χ2n) is 4.44. The number of nitrogens with zero attached hydrogens (tertiary/aromatic N) is 1. The van der Waals surface area contributed by atoms with Crippen molar-refractivity contribution in [2.45, 2.75) is 19.8 Å². The van der Waals surface area contributed by atoms with Gasteiger partial charge in [-0.2, -0.15) is 0 Å². The first-order valence-electron chi connectivity index (χ1n) is 5.75. The summed E-state index contributed by atoms with van der Waals surface area (Å²) in [5, 5.41) is 0. The van der Waals surface area contributed by atoms with E-state index < -0.39 is 0 Å². The van der Waals surface area contributed by atoms with Gasteiger partial charge in [0, 0.05) is 13.1 Å². The molecule has 1 atom stereocenters. The van der Waals surface area contributed by atoms with Gasteiger partial charge in [-0.1, -0.05) is 0 Å². The Bertz CT molecular complexity index is 373. The Hall–Kier alpha value is -1.29. The Kier molecular flexibility index (Phi) is 3.29. The molecule has 0 saturated carbocycles. The van der Waals surface area contributed by atoms with Gasteiger partial charge in [-0.3, -0.25) is 4.79 Å². The minimum absolute atomic E-state index is 0.0648. The summed E-state index contributed by atoms with van der Waals surface area (Å²) in [6, 6.07) is 1.79. The number of hydrogen-bond donors (Lipinski definition) is 1. The smallest absolute Gasteiger partial charge is 0.257 e. The molecule has 0 aliphatic carbocycles. The zero-order valence-electron chi connectivity index (χ0n) is 9.61. The summed E-state index contributed by atoms with van der Waals surface area (Å²) in [4.78, 5) is 14.0. The number of aryl methyl sites for hydroxylation is 1. The van der Waals surface area contributed by atoms with Crippen molar-refractivity contribution in [1.82, 2.24) is 4.90 Å². The molecule has 1 aliphatic heterocycles. The molecule has 1 aromatic heterocycles. The molecule has 0 aromatic carbocycles. The van der Waals surface area contributed by atoms with Crippen LogP contribution in [0, 0.1) is 12.8 Å². The van der Waals surface area contributed by atoms with E-state index in [-0.39, 0.29) is 5.91 Å². The summed E-state index contributed by atoms with van der Waals surface area (Å²) in [6.45, 7) is 4.11. The lowest BCUT2D eigenvalue weighted by atomic mass is 9.98. The van der Waals surface area contributed by atoms with Crippen molar-refractivity contribution in [3.63, 3.8) is 0 Å². The second-order valence-corrected chi connectivity index (χ2v) is 4.44. The van der Waals surface area contributed by atoms with E-state index in [9.17, 15) is 4.79 Å². The lowest BCUT2D eigenvalue weighted by Gasteiger charge is -2.31. The Morgan fingerprint density at radius 3 is 3.12 bits per heavy atom. The fourth-order valence-electron chi connectivity index (χ4n) is 2.18. The van der Waals surface area contributed by atoms with Crippen LogP contribution in [0.15, 0.2) is 16.7 Å². The van der Waals surface area contributed by atoms with Gasteiger partial charge in [0.05, 0.1) is 5.56 Å². The minimum Gasteiger partial charge on any atom is -0.469 e. The van der Waals surface area contributed by atoms with E-state index in [1.54, 1.807) is 6.07 Å². The summed E-state index contributed by atoms with van der Waals surface area (Å²) in [5.74, 6) is 1.29. The van der Waals surface area contributed by atoms with Gasteiger partial charge in [0.25, 0.3) is 5.91 Å². The third kappa shape index (κ3) is 2.27. The number of amides is 1. The first-order chi connectivity index (χ1) is 7.70. The minimum atomic E-state index is 0.0648. The second kappa shape index (κ2) is 4.70. The molecular weight excluding hydrogens is 204 g/mol. The molecule has 1 saturated heterocycles. The highest BCUT2D eigenvalue weighted by Gasteiger charge is 2.24. The summed E-state index contributed by atoms with van der Waals surface area (Å²) < 4.78 is 5.16. The molecule has 0 radical (unpaired) electrons. The standard InChI is InChI=1S/C12H18N2O2/c1-9-5-11(8-16-9)12(15)14-4-2-3-10(6-13)7-14/h5,8,10H,2-4,6-7,13H2,1H3. The van der Waals surface area contributed by atoms with Crippen LogP contribution >= 0.6 is 0 Å². The van der Waals surface area contributed by atoms with E-state index in [2.05, 4.69) is 0 Å². The number of rotatable bonds is 2. The molecule has 4 heteroatoms. The van der Waals surface area contributed by atoms with Crippen LogP contribution in [0.25, 0.3) is 0 Å². The van der Waals surface area contributed by atoms with E-state index in [1.807, 2.05) is 11.8 Å². The van der Waals surface area contributed by atoms with E-state index >= 15 is 0 Å². The number of nitrogens with two attached hydrogens (primary N) is 1. The Morgan fingerprint density at radius 2 is 2.50 bits per heavy atom. The lowest BCUT2D eigenvalue weighted by molar-refractivity contribution is 0.0677. The largest absolute Gasteiger partial charge is 0.469 e. The maximum Gasteiger partial charge on any atom is 0.257 e. The van der Waals surface area contributed by atoms with Crippen molar-refractivity contribution in [3.05, 3.63) is 23.7 Å². The summed E-state index contributed by atoms with van der Waals surface area (Å²) in [6.07, 6.45) is 3.71. The molecule has 1 fully saturated rings. The third-order valence-electron chi connectivity index (χ3n) is 3.12. The van der Waals surface area contributed by atoms with Gasteiger partial charge in [-0.25, -0.2) is 0 Å². The molecule has 1 aliphatic rings. The molecule has 1 unspecified atom stereocenters. The van der Waals surface area contributed by atoms with Crippen LogP contribution in [0.5, 0.6) is 0 Å². The van der Waals surface area contributed by atoms with Crippen LogP contribution in [0.4, 0.5) is 0 Å². The molecule has 2 rings (SSSR count). The Labute approximate surface area is 95.4 Å². The fraction of sp³-hybridized carbons (Fsp3) is 0.583. The van der Waals surface area contributed by atoms with Crippen molar-refractivity contribution >= 4 is 5.91 Å². The average molecular weight is 222 g/mol. The zero-order chi connectivity index (χ0) is 11.5. The Morgan fingerprint density at radius 1 is 1.69 bits per heavy atom. The van der Waals surface area contributed by atoms with Crippen LogP contribution in [0.1, 0.15) is 29.0 Å². The number of likely N-dealkylation sites (tertiary alicyclic amines) is 1. The number of carbonyl (C=O) groups is 1. The van der Waals surface area contributed by atoms with Crippen molar-refractivity contribution in [2.75, 3.05) is 19.6 Å². The predicted octanol–water partition coefficient (Wildman–Crippen LogP) is 1.40. The van der Waals surface area contributed by atoms with Crippen molar-refractivity contribution in [3.8, 4) is 0 Å². The topological polar surface area (TPSA) is 59.5 Å². The van der Waals surface area contributed by atoms with E-state index in [0.717, 1.165) is 31.7 Å². The van der Waals surface area contributed by atoms with Crippen LogP contribution in [-0.4, -0.2) is 30.4 Å². The molecule has 1 amide bonds. The van der Waals surface area contributed by atoms with Gasteiger partial charge in [0.15, 0.2) is 0 Å². The monoisotopic (exact) mass is 222 g/mol. The van der Waals surface area contributed by atoms with Crippen LogP contribution in [0.3, 0.4) is 0 Å². The molecule has 2 N–H and O–H groups in total. The van der Waals surface area contributed by atoms with Gasteiger partial charge in [0.1, 0.15) is 12.0 Å². The maximum absolute atomic E-state index is 12.1. The Balaban J connectivity index is 2.04. The van der Waals surface area contributed by atoms with Crippen LogP contribution in [0.2, 0.25) is 0 Å². The quantitative estimate of drug-likeness (QED) is 0.822. The highest BCUT2D eigenvalue weighted by atomic mass is 16.3. The summed E-state index contributed by atoms with van der Waals surface area (Å²) in [5.41, 5.74) is 6.30.